The van der Waals surface area contributed by atoms with Gasteiger partial charge in [-0.1, -0.05) is 71.1 Å². The third-order valence-corrected chi connectivity index (χ3v) is 4.84. The molecule has 0 aliphatic heterocycles. The molecule has 7 heteroatoms. The van der Waals surface area contributed by atoms with E-state index in [1.54, 1.807) is 0 Å². The average Bonchev–Trinajstić information content (AvgIpc) is 2.72. The van der Waals surface area contributed by atoms with Crippen LogP contribution in [0, 0.1) is 0 Å². The van der Waals surface area contributed by atoms with Crippen LogP contribution in [0.3, 0.4) is 0 Å². The molecule has 180 valence electrons. The number of aliphatic carboxylic acids is 1. The molecule has 0 saturated heterocycles. The van der Waals surface area contributed by atoms with E-state index in [-0.39, 0.29) is 19.1 Å². The first kappa shape index (κ1) is 29.3. The van der Waals surface area contributed by atoms with Crippen molar-refractivity contribution >= 4 is 5.97 Å². The van der Waals surface area contributed by atoms with Gasteiger partial charge >= 0.3 is 5.97 Å². The average molecular weight is 435 g/mol. The maximum atomic E-state index is 11.0. The third-order valence-electron chi connectivity index (χ3n) is 4.84. The van der Waals surface area contributed by atoms with E-state index in [0.29, 0.717) is 46.2 Å². The van der Waals surface area contributed by atoms with Crippen LogP contribution in [-0.4, -0.2) is 75.1 Å². The molecule has 0 radical (unpaired) electrons. The molecule has 0 heterocycles. The summed E-state index contributed by atoms with van der Waals surface area (Å²) in [6.45, 7) is 5.28. The first-order chi connectivity index (χ1) is 14.7. The van der Waals surface area contributed by atoms with Crippen molar-refractivity contribution < 1.29 is 34.0 Å². The van der Waals surface area contributed by atoms with Crippen molar-refractivity contribution in [2.75, 3.05) is 52.9 Å². The van der Waals surface area contributed by atoms with E-state index in [1.807, 2.05) is 0 Å². The lowest BCUT2D eigenvalue weighted by Gasteiger charge is -2.16. The van der Waals surface area contributed by atoms with Crippen molar-refractivity contribution in [3.05, 3.63) is 0 Å². The fraction of sp³-hybridized carbons (Fsp3) is 0.957. The summed E-state index contributed by atoms with van der Waals surface area (Å²) in [5.74, 6) is -0.815. The predicted molar refractivity (Wildman–Crippen MR) is 118 cm³/mol. The number of rotatable bonds is 25. The molecule has 0 aromatic heterocycles. The van der Waals surface area contributed by atoms with Crippen molar-refractivity contribution in [3.8, 4) is 0 Å². The molecule has 0 bridgehead atoms. The Balaban J connectivity index is 3.55. The lowest BCUT2D eigenvalue weighted by molar-refractivity contribution is -0.140. The largest absolute Gasteiger partial charge is 0.481 e. The normalized spacial score (nSPS) is 12.3. The number of ether oxygens (including phenoxy) is 4. The Morgan fingerprint density at radius 1 is 0.700 bits per heavy atom. The van der Waals surface area contributed by atoms with Gasteiger partial charge < -0.3 is 29.2 Å². The van der Waals surface area contributed by atoms with Crippen molar-refractivity contribution in [1.82, 2.24) is 0 Å². The van der Waals surface area contributed by atoms with Crippen molar-refractivity contribution in [2.24, 2.45) is 0 Å². The second kappa shape index (κ2) is 24.5. The van der Waals surface area contributed by atoms with Gasteiger partial charge in [0.05, 0.1) is 65.4 Å². The topological polar surface area (TPSA) is 94.5 Å². The summed E-state index contributed by atoms with van der Waals surface area (Å²) >= 11 is 0. The SMILES string of the molecule is CCCCCCCCCCCCC(CC(=O)O)OCCOCCOCCOCCO. The highest BCUT2D eigenvalue weighted by Crippen LogP contribution is 2.14. The van der Waals surface area contributed by atoms with Crippen LogP contribution in [0.5, 0.6) is 0 Å². The summed E-state index contributed by atoms with van der Waals surface area (Å²) in [5, 5.41) is 17.6. The van der Waals surface area contributed by atoms with Gasteiger partial charge in [-0.05, 0) is 6.42 Å². The minimum atomic E-state index is -0.815. The van der Waals surface area contributed by atoms with Crippen LogP contribution in [-0.2, 0) is 23.7 Å². The van der Waals surface area contributed by atoms with Crippen LogP contribution in [0.4, 0.5) is 0 Å². The number of aliphatic hydroxyl groups excluding tert-OH is 1. The zero-order chi connectivity index (χ0) is 22.1. The summed E-state index contributed by atoms with van der Waals surface area (Å²) < 4.78 is 21.6. The molecule has 0 aliphatic rings. The third kappa shape index (κ3) is 23.5. The quantitative estimate of drug-likeness (QED) is 0.208. The van der Waals surface area contributed by atoms with Gasteiger partial charge in [-0.3, -0.25) is 4.79 Å². The van der Waals surface area contributed by atoms with E-state index in [9.17, 15) is 4.79 Å². The molecule has 0 aliphatic carbocycles. The summed E-state index contributed by atoms with van der Waals surface area (Å²) in [4.78, 5) is 11.0. The molecule has 0 saturated carbocycles. The van der Waals surface area contributed by atoms with E-state index >= 15 is 0 Å². The lowest BCUT2D eigenvalue weighted by atomic mass is 10.0. The van der Waals surface area contributed by atoms with Gasteiger partial charge in [0.15, 0.2) is 0 Å². The Bertz CT molecular complexity index is 352. The summed E-state index contributed by atoms with van der Waals surface area (Å²) in [6.07, 6.45) is 13.3. The van der Waals surface area contributed by atoms with Gasteiger partial charge in [0.2, 0.25) is 0 Å². The minimum absolute atomic E-state index is 0.0190. The first-order valence-electron chi connectivity index (χ1n) is 11.9. The molecular formula is C23H46O7. The molecule has 0 aromatic rings. The van der Waals surface area contributed by atoms with E-state index in [2.05, 4.69) is 6.92 Å². The minimum Gasteiger partial charge on any atom is -0.481 e. The van der Waals surface area contributed by atoms with Crippen molar-refractivity contribution in [1.29, 1.82) is 0 Å². The molecule has 0 rings (SSSR count). The highest BCUT2D eigenvalue weighted by Gasteiger charge is 2.13. The van der Waals surface area contributed by atoms with Crippen LogP contribution in [0.25, 0.3) is 0 Å². The standard InChI is InChI=1S/C23H46O7/c1-2-3-4-5-6-7-8-9-10-11-12-22(21-23(25)26)30-20-19-29-18-17-28-16-15-27-14-13-24/h22,24H,2-21H2,1H3,(H,25,26). The zero-order valence-electron chi connectivity index (χ0n) is 19.2. The maximum absolute atomic E-state index is 11.0. The van der Waals surface area contributed by atoms with Gasteiger partial charge in [0.25, 0.3) is 0 Å². The highest BCUT2D eigenvalue weighted by atomic mass is 16.6. The number of carboxylic acids is 1. The number of hydrogen-bond acceptors (Lipinski definition) is 6. The number of hydrogen-bond donors (Lipinski definition) is 2. The smallest absolute Gasteiger partial charge is 0.305 e. The number of carboxylic acid groups (broad SMARTS) is 1. The molecule has 2 N–H and O–H groups in total. The summed E-state index contributed by atoms with van der Waals surface area (Å²) in [6, 6.07) is 0. The molecule has 0 spiro atoms. The monoisotopic (exact) mass is 434 g/mol. The highest BCUT2D eigenvalue weighted by molar-refractivity contribution is 5.67. The summed E-state index contributed by atoms with van der Waals surface area (Å²) in [7, 11) is 0. The Morgan fingerprint density at radius 3 is 1.67 bits per heavy atom. The molecule has 30 heavy (non-hydrogen) atoms. The molecule has 0 amide bonds. The summed E-state index contributed by atoms with van der Waals surface area (Å²) in [5.41, 5.74) is 0. The van der Waals surface area contributed by atoms with Crippen molar-refractivity contribution in [3.63, 3.8) is 0 Å². The van der Waals surface area contributed by atoms with E-state index in [1.165, 1.54) is 51.4 Å². The Labute approximate surface area is 183 Å². The number of aliphatic hydroxyl groups is 1. The molecular weight excluding hydrogens is 388 g/mol. The Morgan fingerprint density at radius 2 is 1.17 bits per heavy atom. The van der Waals surface area contributed by atoms with Crippen molar-refractivity contribution in [2.45, 2.75) is 90.1 Å². The fourth-order valence-electron chi connectivity index (χ4n) is 3.18. The van der Waals surface area contributed by atoms with Gasteiger partial charge in [-0.2, -0.15) is 0 Å². The van der Waals surface area contributed by atoms with Gasteiger partial charge in [-0.15, -0.1) is 0 Å². The van der Waals surface area contributed by atoms with Gasteiger partial charge in [-0.25, -0.2) is 0 Å². The van der Waals surface area contributed by atoms with Crippen LogP contribution in [0.1, 0.15) is 84.0 Å². The molecule has 1 unspecified atom stereocenters. The van der Waals surface area contributed by atoms with Gasteiger partial charge in [0, 0.05) is 0 Å². The lowest BCUT2D eigenvalue weighted by Crippen LogP contribution is -2.20. The molecule has 7 nitrogen and oxygen atoms in total. The maximum Gasteiger partial charge on any atom is 0.305 e. The van der Waals surface area contributed by atoms with Gasteiger partial charge in [0.1, 0.15) is 0 Å². The Hall–Kier alpha value is -0.730. The first-order valence-corrected chi connectivity index (χ1v) is 11.9. The van der Waals surface area contributed by atoms with Crippen LogP contribution in [0.2, 0.25) is 0 Å². The van der Waals surface area contributed by atoms with Crippen LogP contribution in [0.15, 0.2) is 0 Å². The number of carbonyl (C=O) groups is 1. The predicted octanol–water partition coefficient (Wildman–Crippen LogP) is 4.20. The molecule has 0 fully saturated rings. The molecule has 0 aromatic carbocycles. The van der Waals surface area contributed by atoms with E-state index < -0.39 is 5.97 Å². The van der Waals surface area contributed by atoms with Crippen LogP contribution >= 0.6 is 0 Å². The van der Waals surface area contributed by atoms with E-state index in [4.69, 9.17) is 29.2 Å². The second-order valence-corrected chi connectivity index (χ2v) is 7.62. The molecule has 1 atom stereocenters. The second-order valence-electron chi connectivity index (χ2n) is 7.62. The fourth-order valence-corrected chi connectivity index (χ4v) is 3.18. The van der Waals surface area contributed by atoms with Crippen LogP contribution < -0.4 is 0 Å². The zero-order valence-corrected chi connectivity index (χ0v) is 19.2. The van der Waals surface area contributed by atoms with E-state index in [0.717, 1.165) is 19.3 Å². The Kier molecular flexibility index (Phi) is 23.9. The number of unbranched alkanes of at least 4 members (excludes halogenated alkanes) is 9.